The Morgan fingerprint density at radius 1 is 0.438 bits per heavy atom. The summed E-state index contributed by atoms with van der Waals surface area (Å²) in [5.74, 6) is -3.47. The van der Waals surface area contributed by atoms with Gasteiger partial charge in [0.05, 0.1) is 25.6 Å². The topological polar surface area (TPSA) is 371 Å². The van der Waals surface area contributed by atoms with Gasteiger partial charge in [0, 0.05) is 60.7 Å². The Kier molecular flexibility index (Phi) is 23.8. The summed E-state index contributed by atoms with van der Waals surface area (Å²) < 4.78 is 145. The van der Waals surface area contributed by atoms with Gasteiger partial charge in [-0.25, -0.2) is 25.3 Å². The van der Waals surface area contributed by atoms with Gasteiger partial charge in [0.2, 0.25) is 0 Å². The first-order chi connectivity index (χ1) is 31.7. The van der Waals surface area contributed by atoms with Gasteiger partial charge >= 0.3 is 148 Å². The standard InChI is InChI=1S/C43H32N5O16S4.5Na/c1-22-15-31-35(66(56,57)58)14-12-33(39(31)37(16-22)68(62,63)64)48-41(50)24-6-3-8-29(21-24)46-43(52)26-17-25(18-27(44)19-26)42(51)45-28-7-2-5-23(20-28)40(49)47-32-11-13-34(65(53,54)55)30-9-4-10-36(38(30)32)67(59,60)61;;;;;/h2-3,5-21H,44H2,1H3,(H,45,51)(H,46,52)(H,47,49)(H,48,50)(H,53,54,55)(H,56,57,58)(H,59,60,61)(H,62,63,64);;;;;/q-1;5*+1/p-4. The van der Waals surface area contributed by atoms with E-state index in [1.807, 2.05) is 0 Å². The number of nitrogens with one attached hydrogen (secondary N) is 4. The summed E-state index contributed by atoms with van der Waals surface area (Å²) in [6.45, 7) is 1.37. The molecular weight excluding hydrogens is 1090 g/mol. The predicted molar refractivity (Wildman–Crippen MR) is 239 cm³/mol. The fourth-order valence-corrected chi connectivity index (χ4v) is 9.88. The van der Waals surface area contributed by atoms with Crippen LogP contribution in [0.2, 0.25) is 0 Å². The number of fused-ring (bicyclic) bond motifs is 2. The molecule has 0 aliphatic heterocycles. The van der Waals surface area contributed by atoms with Gasteiger partial charge in [-0.15, -0.1) is 5.39 Å². The predicted octanol–water partition coefficient (Wildman–Crippen LogP) is -10.7. The van der Waals surface area contributed by atoms with E-state index in [9.17, 15) is 71.1 Å². The van der Waals surface area contributed by atoms with Crippen LogP contribution in [0.4, 0.5) is 28.4 Å². The Hall–Kier alpha value is -2.62. The summed E-state index contributed by atoms with van der Waals surface area (Å²) in [7, 11) is -20.9. The third-order valence-electron chi connectivity index (χ3n) is 9.90. The van der Waals surface area contributed by atoms with Crippen molar-refractivity contribution in [1.82, 2.24) is 0 Å². The van der Waals surface area contributed by atoms with Gasteiger partial charge in [-0.1, -0.05) is 29.7 Å². The Bertz CT molecular complexity index is 3830. The molecule has 0 radical (unpaired) electrons. The van der Waals surface area contributed by atoms with Crippen molar-refractivity contribution in [3.63, 3.8) is 0 Å². The summed E-state index contributed by atoms with van der Waals surface area (Å²) in [6.07, 6.45) is 0. The molecule has 0 aromatic heterocycles. The number of anilines is 5. The number of benzene rings is 7. The maximum Gasteiger partial charge on any atom is 1.00 e. The molecule has 0 bridgehead atoms. The van der Waals surface area contributed by atoms with Crippen molar-refractivity contribution in [3.05, 3.63) is 149 Å². The third kappa shape index (κ3) is 15.8. The monoisotopic (exact) mass is 1110 g/mol. The molecule has 0 saturated heterocycles. The first-order valence-electron chi connectivity index (χ1n) is 18.9. The molecule has 4 amide bonds. The van der Waals surface area contributed by atoms with Crippen LogP contribution in [0.15, 0.2) is 135 Å². The summed E-state index contributed by atoms with van der Waals surface area (Å²) >= 11 is 0. The van der Waals surface area contributed by atoms with Crippen LogP contribution >= 0.6 is 0 Å². The third-order valence-corrected chi connectivity index (χ3v) is 13.4. The van der Waals surface area contributed by atoms with E-state index in [4.69, 9.17) is 5.73 Å². The van der Waals surface area contributed by atoms with E-state index in [0.717, 1.165) is 42.5 Å². The van der Waals surface area contributed by atoms with E-state index in [0.29, 0.717) is 0 Å². The van der Waals surface area contributed by atoms with E-state index < -0.39 is 105 Å². The molecule has 350 valence electrons. The zero-order chi connectivity index (χ0) is 49.7. The molecule has 0 unspecified atom stereocenters. The van der Waals surface area contributed by atoms with Crippen LogP contribution in [-0.2, 0) is 40.5 Å². The Morgan fingerprint density at radius 3 is 1.26 bits per heavy atom. The fourth-order valence-electron chi connectivity index (χ4n) is 7.06. The zero-order valence-corrected chi connectivity index (χ0v) is 52.5. The molecule has 7 rings (SSSR count). The van der Waals surface area contributed by atoms with Crippen molar-refractivity contribution in [1.29, 1.82) is 0 Å². The number of carbonyl (C=O) groups excluding carboxylic acids is 4. The molecule has 73 heavy (non-hydrogen) atoms. The number of hydrogen-bond donors (Lipinski definition) is 5. The number of hydrogen-bond acceptors (Lipinski definition) is 17. The minimum atomic E-state index is -5.29. The molecule has 0 aliphatic rings. The number of nitrogens with two attached hydrogens (primary N) is 1. The molecule has 6 N–H and O–H groups in total. The molecule has 0 atom stereocenters. The number of aryl methyl sites for hydroxylation is 1. The molecule has 7 aromatic carbocycles. The Morgan fingerprint density at radius 2 is 0.836 bits per heavy atom. The van der Waals surface area contributed by atoms with Crippen LogP contribution in [0.3, 0.4) is 0 Å². The quantitative estimate of drug-likeness (QED) is 0.0328. The summed E-state index contributed by atoms with van der Waals surface area (Å²) in [5.41, 5.74) is 4.98. The van der Waals surface area contributed by atoms with E-state index in [-0.39, 0.29) is 204 Å². The minimum Gasteiger partial charge on any atom is -0.754 e. The molecule has 21 nitrogen and oxygen atoms in total. The molecule has 0 heterocycles. The van der Waals surface area contributed by atoms with Gasteiger partial charge in [0.1, 0.15) is 30.4 Å². The van der Waals surface area contributed by atoms with Crippen molar-refractivity contribution < 1.29 is 219 Å². The Labute approximate surface area is 528 Å². The van der Waals surface area contributed by atoms with Crippen LogP contribution in [0.5, 0.6) is 0 Å². The molecule has 0 spiro atoms. The number of nitrogen functional groups attached to an aromatic ring is 1. The van der Waals surface area contributed by atoms with Crippen LogP contribution < -0.4 is 175 Å². The van der Waals surface area contributed by atoms with Crippen LogP contribution in [-0.4, -0.2) is 75.5 Å². The van der Waals surface area contributed by atoms with Crippen molar-refractivity contribution in [2.24, 2.45) is 0 Å². The first kappa shape index (κ1) is 66.5. The van der Waals surface area contributed by atoms with Gasteiger partial charge < -0.3 is 45.2 Å². The van der Waals surface area contributed by atoms with Gasteiger partial charge in [-0.05, 0) is 96.2 Å². The fraction of sp³-hybridized carbons (Fsp3) is 0.0233. The van der Waals surface area contributed by atoms with E-state index >= 15 is 0 Å². The van der Waals surface area contributed by atoms with Gasteiger partial charge in [0.25, 0.3) is 23.6 Å². The normalized spacial score (nSPS) is 11.2. The average molecular weight is 1110 g/mol. The number of amides is 4. The summed E-state index contributed by atoms with van der Waals surface area (Å²) in [6, 6.07) is 23.8. The minimum absolute atomic E-state index is 0. The summed E-state index contributed by atoms with van der Waals surface area (Å²) in [4.78, 5) is 50.3. The van der Waals surface area contributed by atoms with Crippen LogP contribution in [0.1, 0.15) is 47.0 Å². The van der Waals surface area contributed by atoms with Crippen LogP contribution in [0.25, 0.3) is 21.5 Å². The SMILES string of the molecule is Cc1cc(S(=O)(=O)[O-])c2c(NC(=O)c3cccc(NC(=O)c4cc(N)cc(C(=O)Nc5cccc(C(=O)Nc6ccc(S(=O)(=O)[O-])c7c[c-]cc(S(=O)(=O)[O-])c67)c5)c4)c3)ccc(S(=O)(=O)[O-])c2c1.[Na+].[Na+].[Na+].[Na+].[Na+]. The second kappa shape index (κ2) is 26.2. The molecule has 0 saturated carbocycles. The second-order valence-electron chi connectivity index (χ2n) is 14.7. The largest absolute Gasteiger partial charge is 1.00 e. The maximum atomic E-state index is 13.5. The van der Waals surface area contributed by atoms with Crippen molar-refractivity contribution in [2.45, 2.75) is 26.5 Å². The van der Waals surface area contributed by atoms with E-state index in [1.165, 1.54) is 79.7 Å². The van der Waals surface area contributed by atoms with E-state index in [2.05, 4.69) is 27.3 Å². The van der Waals surface area contributed by atoms with Crippen LogP contribution in [0, 0.1) is 13.0 Å². The van der Waals surface area contributed by atoms with Gasteiger partial charge in [-0.2, -0.15) is 18.2 Å². The second-order valence-corrected chi connectivity index (χ2v) is 20.0. The van der Waals surface area contributed by atoms with Gasteiger partial charge in [0.15, 0.2) is 0 Å². The molecule has 7 aromatic rings. The molecule has 0 aliphatic carbocycles. The molecular formula is C43H28N5Na5O16S4. The number of carbonyl (C=O) groups is 4. The zero-order valence-electron chi connectivity index (χ0n) is 39.2. The van der Waals surface area contributed by atoms with Gasteiger partial charge in [-0.3, -0.25) is 27.6 Å². The maximum absolute atomic E-state index is 13.5. The Balaban J connectivity index is 0.00000365. The molecule has 0 fully saturated rings. The average Bonchev–Trinajstić information content (AvgIpc) is 3.24. The first-order valence-corrected chi connectivity index (χ1v) is 24.6. The van der Waals surface area contributed by atoms with Crippen molar-refractivity contribution >= 4 is 114 Å². The van der Waals surface area contributed by atoms with E-state index in [1.54, 1.807) is 0 Å². The number of rotatable bonds is 12. The van der Waals surface area contributed by atoms with Crippen molar-refractivity contribution in [3.8, 4) is 0 Å². The van der Waals surface area contributed by atoms with Crippen molar-refractivity contribution in [2.75, 3.05) is 27.0 Å². The summed E-state index contributed by atoms with van der Waals surface area (Å²) in [5, 5.41) is 7.91. The molecule has 30 heteroatoms. The smallest absolute Gasteiger partial charge is 0.754 e.